The van der Waals surface area contributed by atoms with Gasteiger partial charge in [-0.05, 0) is 35.9 Å². The molecule has 2 aromatic carbocycles. The smallest absolute Gasteiger partial charge is 0.248 e. The lowest BCUT2D eigenvalue weighted by atomic mass is 10.1. The summed E-state index contributed by atoms with van der Waals surface area (Å²) < 4.78 is 52.1. The zero-order valence-electron chi connectivity index (χ0n) is 11.2. The number of hydrogen-bond donors (Lipinski definition) is 2. The van der Waals surface area contributed by atoms with Gasteiger partial charge in [-0.15, -0.1) is 0 Å². The quantitative estimate of drug-likeness (QED) is 0.873. The van der Waals surface area contributed by atoms with Crippen molar-refractivity contribution in [3.63, 3.8) is 0 Å². The molecule has 0 bridgehead atoms. The van der Waals surface area contributed by atoms with Gasteiger partial charge in [0.15, 0.2) is 11.6 Å². The van der Waals surface area contributed by atoms with E-state index in [1.54, 1.807) is 0 Å². The van der Waals surface area contributed by atoms with E-state index in [4.69, 9.17) is 5.73 Å². The van der Waals surface area contributed by atoms with Crippen LogP contribution in [0.25, 0.3) is 0 Å². The summed E-state index contributed by atoms with van der Waals surface area (Å²) in [6.07, 6.45) is 0. The lowest BCUT2D eigenvalue weighted by Gasteiger charge is -2.07. The highest BCUT2D eigenvalue weighted by molar-refractivity contribution is 7.89. The average molecular weight is 326 g/mol. The Morgan fingerprint density at radius 3 is 2.23 bits per heavy atom. The van der Waals surface area contributed by atoms with Gasteiger partial charge < -0.3 is 5.73 Å². The Balaban J connectivity index is 2.12. The molecule has 0 saturated heterocycles. The van der Waals surface area contributed by atoms with Gasteiger partial charge in [0.25, 0.3) is 0 Å². The molecule has 0 aliphatic rings. The van der Waals surface area contributed by atoms with Gasteiger partial charge in [0.2, 0.25) is 15.9 Å². The number of hydrogen-bond acceptors (Lipinski definition) is 3. The van der Waals surface area contributed by atoms with Crippen molar-refractivity contribution in [1.29, 1.82) is 0 Å². The first kappa shape index (κ1) is 16.1. The van der Waals surface area contributed by atoms with Crippen LogP contribution in [0.4, 0.5) is 8.78 Å². The van der Waals surface area contributed by atoms with Gasteiger partial charge in [0.1, 0.15) is 0 Å². The number of sulfonamides is 1. The highest BCUT2D eigenvalue weighted by Gasteiger charge is 2.16. The highest BCUT2D eigenvalue weighted by atomic mass is 32.2. The summed E-state index contributed by atoms with van der Waals surface area (Å²) in [6, 6.07) is 8.31. The second kappa shape index (κ2) is 6.20. The zero-order chi connectivity index (χ0) is 16.3. The fourth-order valence-electron chi connectivity index (χ4n) is 1.69. The van der Waals surface area contributed by atoms with Crippen LogP contribution in [0.15, 0.2) is 47.4 Å². The Labute approximate surface area is 125 Å². The molecule has 8 heteroatoms. The molecule has 0 radical (unpaired) electrons. The summed E-state index contributed by atoms with van der Waals surface area (Å²) in [7, 11) is -3.97. The normalized spacial score (nSPS) is 11.4. The van der Waals surface area contributed by atoms with E-state index in [0.29, 0.717) is 17.2 Å². The van der Waals surface area contributed by atoms with E-state index in [-0.39, 0.29) is 11.4 Å². The lowest BCUT2D eigenvalue weighted by molar-refractivity contribution is 0.1000. The second-order valence-electron chi connectivity index (χ2n) is 4.46. The van der Waals surface area contributed by atoms with Crippen LogP contribution < -0.4 is 10.5 Å². The molecule has 2 aromatic rings. The van der Waals surface area contributed by atoms with Gasteiger partial charge in [-0.3, -0.25) is 4.79 Å². The second-order valence-corrected chi connectivity index (χ2v) is 6.23. The first-order valence-electron chi connectivity index (χ1n) is 6.13. The van der Waals surface area contributed by atoms with E-state index < -0.39 is 27.6 Å². The van der Waals surface area contributed by atoms with Gasteiger partial charge >= 0.3 is 0 Å². The summed E-state index contributed by atoms with van der Waals surface area (Å²) in [5, 5.41) is 0. The van der Waals surface area contributed by atoms with Gasteiger partial charge in [0, 0.05) is 12.1 Å². The van der Waals surface area contributed by atoms with Gasteiger partial charge in [0.05, 0.1) is 4.90 Å². The van der Waals surface area contributed by atoms with Crippen LogP contribution in [0.3, 0.4) is 0 Å². The minimum Gasteiger partial charge on any atom is -0.366 e. The Bertz CT molecular complexity index is 805. The Morgan fingerprint density at radius 2 is 1.68 bits per heavy atom. The van der Waals surface area contributed by atoms with Crippen molar-refractivity contribution in [3.05, 3.63) is 65.2 Å². The largest absolute Gasteiger partial charge is 0.366 e. The van der Waals surface area contributed by atoms with Crippen LogP contribution >= 0.6 is 0 Å². The fourth-order valence-corrected chi connectivity index (χ4v) is 2.72. The molecule has 0 atom stereocenters. The minimum absolute atomic E-state index is 0.0691. The number of carbonyl (C=O) groups excluding carboxylic acids is 1. The van der Waals surface area contributed by atoms with E-state index in [2.05, 4.69) is 4.72 Å². The molecule has 3 N–H and O–H groups in total. The van der Waals surface area contributed by atoms with Crippen molar-refractivity contribution in [2.24, 2.45) is 5.73 Å². The van der Waals surface area contributed by atoms with Crippen LogP contribution in [-0.2, 0) is 16.6 Å². The van der Waals surface area contributed by atoms with Crippen molar-refractivity contribution in [3.8, 4) is 0 Å². The van der Waals surface area contributed by atoms with Crippen LogP contribution in [0.5, 0.6) is 0 Å². The predicted octanol–water partition coefficient (Wildman–Crippen LogP) is 1.54. The van der Waals surface area contributed by atoms with Gasteiger partial charge in [-0.2, -0.15) is 0 Å². The van der Waals surface area contributed by atoms with Crippen LogP contribution in [0.1, 0.15) is 15.9 Å². The molecular formula is C14H12F2N2O3S. The molecule has 0 aliphatic carbocycles. The van der Waals surface area contributed by atoms with Crippen molar-refractivity contribution in [1.82, 2.24) is 4.72 Å². The first-order valence-corrected chi connectivity index (χ1v) is 7.61. The molecule has 0 spiro atoms. The third-order valence-corrected chi connectivity index (χ3v) is 4.31. The topological polar surface area (TPSA) is 89.3 Å². The number of nitrogens with one attached hydrogen (secondary N) is 1. The molecule has 2 rings (SSSR count). The zero-order valence-corrected chi connectivity index (χ0v) is 12.0. The van der Waals surface area contributed by atoms with Crippen molar-refractivity contribution >= 4 is 15.9 Å². The molecule has 0 aromatic heterocycles. The summed E-state index contributed by atoms with van der Waals surface area (Å²) >= 11 is 0. The Hall–Kier alpha value is -2.32. The average Bonchev–Trinajstić information content (AvgIpc) is 2.48. The Morgan fingerprint density at radius 1 is 1.05 bits per heavy atom. The number of halogens is 2. The van der Waals surface area contributed by atoms with E-state index in [1.807, 2.05) is 0 Å². The maximum Gasteiger partial charge on any atom is 0.248 e. The lowest BCUT2D eigenvalue weighted by Crippen LogP contribution is -2.23. The molecule has 0 unspecified atom stereocenters. The van der Waals surface area contributed by atoms with Crippen molar-refractivity contribution < 1.29 is 22.0 Å². The third-order valence-electron chi connectivity index (χ3n) is 2.91. The first-order chi connectivity index (χ1) is 10.3. The fraction of sp³-hybridized carbons (Fsp3) is 0.0714. The number of amides is 1. The number of nitrogens with two attached hydrogens (primary N) is 1. The maximum absolute atomic E-state index is 13.1. The minimum atomic E-state index is -3.97. The molecular weight excluding hydrogens is 314 g/mol. The van der Waals surface area contributed by atoms with E-state index in [0.717, 1.165) is 12.1 Å². The maximum atomic E-state index is 13.1. The highest BCUT2D eigenvalue weighted by Crippen LogP contribution is 2.14. The molecule has 0 aliphatic heterocycles. The molecule has 0 fully saturated rings. The molecule has 1 amide bonds. The summed E-state index contributed by atoms with van der Waals surface area (Å²) in [4.78, 5) is 10.5. The molecule has 22 heavy (non-hydrogen) atoms. The van der Waals surface area contributed by atoms with Crippen molar-refractivity contribution in [2.75, 3.05) is 0 Å². The monoisotopic (exact) mass is 326 g/mol. The molecule has 0 saturated carbocycles. The Kier molecular flexibility index (Phi) is 4.53. The van der Waals surface area contributed by atoms with Crippen molar-refractivity contribution in [2.45, 2.75) is 11.4 Å². The standard InChI is InChI=1S/C14H12F2N2O3S/c15-12-6-5-11(7-13(12)16)22(20,21)18-8-9-1-3-10(4-2-9)14(17)19/h1-7,18H,8H2,(H2,17,19). The number of benzene rings is 2. The van der Waals surface area contributed by atoms with Crippen LogP contribution in [0.2, 0.25) is 0 Å². The summed E-state index contributed by atoms with van der Waals surface area (Å²) in [5.74, 6) is -2.96. The molecule has 5 nitrogen and oxygen atoms in total. The SMILES string of the molecule is NC(=O)c1ccc(CNS(=O)(=O)c2ccc(F)c(F)c2)cc1. The van der Waals surface area contributed by atoms with E-state index in [1.165, 1.54) is 24.3 Å². The van der Waals surface area contributed by atoms with Gasteiger partial charge in [-0.1, -0.05) is 12.1 Å². The van der Waals surface area contributed by atoms with Gasteiger partial charge in [-0.25, -0.2) is 21.9 Å². The number of primary amides is 1. The third kappa shape index (κ3) is 3.66. The van der Waals surface area contributed by atoms with Crippen LogP contribution in [0, 0.1) is 11.6 Å². The summed E-state index contributed by atoms with van der Waals surface area (Å²) in [6.45, 7) is -0.0691. The molecule has 0 heterocycles. The number of carbonyl (C=O) groups is 1. The van der Waals surface area contributed by atoms with E-state index >= 15 is 0 Å². The predicted molar refractivity (Wildman–Crippen MR) is 75.3 cm³/mol. The molecule has 116 valence electrons. The van der Waals surface area contributed by atoms with Crippen LogP contribution in [-0.4, -0.2) is 14.3 Å². The number of rotatable bonds is 5. The van der Waals surface area contributed by atoms with E-state index in [9.17, 15) is 22.0 Å². The summed E-state index contributed by atoms with van der Waals surface area (Å²) in [5.41, 5.74) is 5.97.